The Morgan fingerprint density at radius 3 is 1.44 bits per heavy atom. The van der Waals surface area contributed by atoms with Crippen molar-refractivity contribution < 1.29 is 9.59 Å². The summed E-state index contributed by atoms with van der Waals surface area (Å²) in [5, 5.41) is 0. The Kier molecular flexibility index (Phi) is 8.81. The van der Waals surface area contributed by atoms with E-state index in [-0.39, 0.29) is 24.7 Å². The van der Waals surface area contributed by atoms with E-state index in [2.05, 4.69) is 0 Å². The molecule has 0 amide bonds. The summed E-state index contributed by atoms with van der Waals surface area (Å²) in [6, 6.07) is 12.2. The van der Waals surface area contributed by atoms with Gasteiger partial charge >= 0.3 is 0 Å². The number of aryl methyl sites for hydroxylation is 4. The molecule has 0 unspecified atom stereocenters. The highest BCUT2D eigenvalue weighted by molar-refractivity contribution is 7.81. The molecule has 2 rings (SSSR count). The molecule has 32 heavy (non-hydrogen) atoms. The molecule has 0 atom stereocenters. The number of benzene rings is 2. The minimum atomic E-state index is -0.734. The SMILES string of the molecule is Cc1ccc(C)c(C(=S)N(C)CC(=O)C(C)C(=O)CN(C)C(=S)c2cc(C)ccc2C)c1. The summed E-state index contributed by atoms with van der Waals surface area (Å²) in [7, 11) is 3.59. The van der Waals surface area contributed by atoms with Gasteiger partial charge in [0.05, 0.1) is 19.0 Å². The van der Waals surface area contributed by atoms with Crippen LogP contribution in [-0.4, -0.2) is 58.5 Å². The lowest BCUT2D eigenvalue weighted by Crippen LogP contribution is -2.40. The molecule has 4 nitrogen and oxygen atoms in total. The molecular weight excluding hydrogens is 436 g/mol. The first-order valence-electron chi connectivity index (χ1n) is 10.6. The minimum Gasteiger partial charge on any atom is -0.358 e. The Morgan fingerprint density at radius 2 is 1.09 bits per heavy atom. The van der Waals surface area contributed by atoms with Crippen LogP contribution in [0.5, 0.6) is 0 Å². The van der Waals surface area contributed by atoms with Crippen LogP contribution in [0.15, 0.2) is 36.4 Å². The maximum Gasteiger partial charge on any atom is 0.162 e. The van der Waals surface area contributed by atoms with Crippen LogP contribution < -0.4 is 0 Å². The predicted molar refractivity (Wildman–Crippen MR) is 140 cm³/mol. The van der Waals surface area contributed by atoms with Crippen molar-refractivity contribution in [3.8, 4) is 0 Å². The van der Waals surface area contributed by atoms with Crippen LogP contribution in [-0.2, 0) is 9.59 Å². The van der Waals surface area contributed by atoms with Gasteiger partial charge in [0.25, 0.3) is 0 Å². The molecular formula is C26H32N2O2S2. The van der Waals surface area contributed by atoms with Gasteiger partial charge in [-0.15, -0.1) is 0 Å². The van der Waals surface area contributed by atoms with Crippen LogP contribution in [0.4, 0.5) is 0 Å². The molecule has 0 aliphatic rings. The summed E-state index contributed by atoms with van der Waals surface area (Å²) < 4.78 is 0. The van der Waals surface area contributed by atoms with Gasteiger partial charge in [-0.25, -0.2) is 0 Å². The van der Waals surface area contributed by atoms with Gasteiger partial charge in [-0.3, -0.25) is 9.59 Å². The molecule has 170 valence electrons. The molecule has 0 spiro atoms. The maximum atomic E-state index is 12.8. The predicted octanol–water partition coefficient (Wildman–Crippen LogP) is 4.61. The highest BCUT2D eigenvalue weighted by atomic mass is 32.1. The average Bonchev–Trinajstić information content (AvgIpc) is 2.75. The summed E-state index contributed by atoms with van der Waals surface area (Å²) in [4.78, 5) is 30.4. The summed E-state index contributed by atoms with van der Waals surface area (Å²) in [6.45, 7) is 9.85. The Hall–Kier alpha value is -2.44. The van der Waals surface area contributed by atoms with Crippen LogP contribution in [0.25, 0.3) is 0 Å². The number of thiocarbonyl (C=S) groups is 2. The number of hydrogen-bond acceptors (Lipinski definition) is 4. The van der Waals surface area contributed by atoms with Crippen molar-refractivity contribution in [3.05, 3.63) is 69.8 Å². The number of likely N-dealkylation sites (N-methyl/N-ethyl adjacent to an activating group) is 2. The highest BCUT2D eigenvalue weighted by Gasteiger charge is 2.25. The Labute approximate surface area is 202 Å². The minimum absolute atomic E-state index is 0.0876. The van der Waals surface area contributed by atoms with Crippen molar-refractivity contribution in [2.45, 2.75) is 34.6 Å². The van der Waals surface area contributed by atoms with Crippen molar-refractivity contribution in [1.29, 1.82) is 0 Å². The number of ketones is 2. The molecule has 0 radical (unpaired) electrons. The summed E-state index contributed by atoms with van der Waals surface area (Å²) in [6.07, 6.45) is 0. The van der Waals surface area contributed by atoms with Crippen LogP contribution in [0.1, 0.15) is 40.3 Å². The largest absolute Gasteiger partial charge is 0.358 e. The third-order valence-electron chi connectivity index (χ3n) is 5.69. The van der Waals surface area contributed by atoms with Gasteiger partial charge in [0.15, 0.2) is 11.6 Å². The van der Waals surface area contributed by atoms with Crippen LogP contribution >= 0.6 is 24.4 Å². The van der Waals surface area contributed by atoms with E-state index in [4.69, 9.17) is 24.4 Å². The smallest absolute Gasteiger partial charge is 0.162 e. The van der Waals surface area contributed by atoms with E-state index in [1.165, 1.54) is 0 Å². The van der Waals surface area contributed by atoms with Crippen LogP contribution in [0.3, 0.4) is 0 Å². The first kappa shape index (κ1) is 25.8. The molecule has 0 aliphatic heterocycles. The lowest BCUT2D eigenvalue weighted by molar-refractivity contribution is -0.132. The van der Waals surface area contributed by atoms with Gasteiger partial charge in [0, 0.05) is 25.2 Å². The number of rotatable bonds is 8. The Balaban J connectivity index is 2.01. The second-order valence-electron chi connectivity index (χ2n) is 8.61. The van der Waals surface area contributed by atoms with Crippen molar-refractivity contribution >= 4 is 46.0 Å². The lowest BCUT2D eigenvalue weighted by atomic mass is 9.99. The van der Waals surface area contributed by atoms with Gasteiger partial charge in [-0.1, -0.05) is 59.8 Å². The fraction of sp³-hybridized carbons (Fsp3) is 0.385. The van der Waals surface area contributed by atoms with E-state index in [0.29, 0.717) is 9.98 Å². The van der Waals surface area contributed by atoms with Gasteiger partial charge in [-0.2, -0.15) is 0 Å². The highest BCUT2D eigenvalue weighted by Crippen LogP contribution is 2.16. The molecule has 6 heteroatoms. The second kappa shape index (κ2) is 10.9. The maximum absolute atomic E-state index is 12.8. The molecule has 2 aromatic rings. The van der Waals surface area contributed by atoms with E-state index >= 15 is 0 Å². The normalized spacial score (nSPS) is 10.8. The third kappa shape index (κ3) is 6.30. The number of Topliss-reactive ketones (excluding diaryl/α,β-unsaturated/α-hetero) is 2. The molecule has 2 aromatic carbocycles. The summed E-state index contributed by atoms with van der Waals surface area (Å²) in [5.41, 5.74) is 6.22. The molecule has 0 saturated carbocycles. The van der Waals surface area contributed by atoms with E-state index in [1.807, 2.05) is 64.1 Å². The zero-order valence-corrected chi connectivity index (χ0v) is 21.6. The molecule has 0 saturated heterocycles. The zero-order chi connectivity index (χ0) is 24.2. The molecule has 0 bridgehead atoms. The quantitative estimate of drug-likeness (QED) is 0.416. The van der Waals surface area contributed by atoms with Crippen molar-refractivity contribution in [2.24, 2.45) is 5.92 Å². The number of nitrogens with zero attached hydrogens (tertiary/aromatic N) is 2. The summed E-state index contributed by atoms with van der Waals surface area (Å²) in [5.74, 6) is -1.05. The van der Waals surface area contributed by atoms with Gasteiger partial charge in [0.2, 0.25) is 0 Å². The van der Waals surface area contributed by atoms with Crippen LogP contribution in [0, 0.1) is 33.6 Å². The second-order valence-corrected chi connectivity index (χ2v) is 9.39. The van der Waals surface area contributed by atoms with Crippen molar-refractivity contribution in [1.82, 2.24) is 9.80 Å². The molecule has 0 fully saturated rings. The first-order valence-corrected chi connectivity index (χ1v) is 11.4. The number of carbonyl (C=O) groups excluding carboxylic acids is 2. The average molecular weight is 469 g/mol. The molecule has 0 N–H and O–H groups in total. The van der Waals surface area contributed by atoms with Gasteiger partial charge < -0.3 is 9.80 Å². The van der Waals surface area contributed by atoms with Crippen molar-refractivity contribution in [3.63, 3.8) is 0 Å². The van der Waals surface area contributed by atoms with E-state index in [1.54, 1.807) is 30.8 Å². The monoisotopic (exact) mass is 468 g/mol. The van der Waals surface area contributed by atoms with Gasteiger partial charge in [0.1, 0.15) is 9.98 Å². The van der Waals surface area contributed by atoms with E-state index in [9.17, 15) is 9.59 Å². The summed E-state index contributed by atoms with van der Waals surface area (Å²) >= 11 is 11.2. The number of hydrogen-bond donors (Lipinski definition) is 0. The van der Waals surface area contributed by atoms with Crippen molar-refractivity contribution in [2.75, 3.05) is 27.2 Å². The third-order valence-corrected chi connectivity index (χ3v) is 6.76. The fourth-order valence-electron chi connectivity index (χ4n) is 3.41. The topological polar surface area (TPSA) is 40.6 Å². The lowest BCUT2D eigenvalue weighted by Gasteiger charge is -2.24. The Bertz CT molecular complexity index is 978. The Morgan fingerprint density at radius 1 is 0.750 bits per heavy atom. The molecule has 0 aromatic heterocycles. The standard InChI is InChI=1S/C26H32N2O2S2/c1-16-8-10-18(3)21(12-16)25(31)27(6)14-23(29)20(5)24(30)15-28(7)26(32)22-13-17(2)9-11-19(22)4/h8-13,20H,14-15H2,1-7H3. The first-order chi connectivity index (χ1) is 14.9. The number of carbonyl (C=O) groups is 2. The zero-order valence-electron chi connectivity index (χ0n) is 20.0. The van der Waals surface area contributed by atoms with Crippen LogP contribution in [0.2, 0.25) is 0 Å². The van der Waals surface area contributed by atoms with E-state index in [0.717, 1.165) is 33.4 Å². The molecule has 0 aliphatic carbocycles. The fourth-order valence-corrected chi connectivity index (χ4v) is 3.98. The van der Waals surface area contributed by atoms with Gasteiger partial charge in [-0.05, 0) is 57.9 Å². The molecule has 0 heterocycles. The van der Waals surface area contributed by atoms with E-state index < -0.39 is 5.92 Å².